The molecule has 1 aromatic heterocycles. The van der Waals surface area contributed by atoms with Gasteiger partial charge in [-0.1, -0.05) is 12.8 Å². The van der Waals surface area contributed by atoms with Crippen LogP contribution < -0.4 is 10.2 Å². The van der Waals surface area contributed by atoms with E-state index in [-0.39, 0.29) is 29.5 Å². The number of hydrogen-bond donors (Lipinski definition) is 1. The largest absolute Gasteiger partial charge is 0.354 e. The van der Waals surface area contributed by atoms with Gasteiger partial charge in [0.15, 0.2) is 9.84 Å². The highest BCUT2D eigenvalue weighted by molar-refractivity contribution is 7.91. The number of nitrogens with zero attached hydrogens (tertiary/aromatic N) is 3. The summed E-state index contributed by atoms with van der Waals surface area (Å²) in [6.07, 6.45) is 7.96. The molecule has 0 spiro atoms. The topological polar surface area (TPSA) is 92.3 Å². The van der Waals surface area contributed by atoms with Crippen molar-refractivity contribution in [2.75, 3.05) is 23.5 Å². The molecule has 1 saturated heterocycles. The van der Waals surface area contributed by atoms with Crippen molar-refractivity contribution in [1.82, 2.24) is 15.3 Å². The molecule has 7 nitrogen and oxygen atoms in total. The third kappa shape index (κ3) is 3.80. The molecule has 8 heteroatoms. The van der Waals surface area contributed by atoms with Crippen LogP contribution in [0.5, 0.6) is 0 Å². The van der Waals surface area contributed by atoms with Gasteiger partial charge in [-0.05, 0) is 19.3 Å². The summed E-state index contributed by atoms with van der Waals surface area (Å²) in [7, 11) is -1.12. The first-order valence-electron chi connectivity index (χ1n) is 8.01. The number of amides is 1. The molecule has 2 aliphatic rings. The average molecular weight is 338 g/mol. The van der Waals surface area contributed by atoms with Crippen LogP contribution in [0.4, 0.5) is 5.82 Å². The summed E-state index contributed by atoms with van der Waals surface area (Å²) in [4.78, 5) is 22.4. The molecule has 23 heavy (non-hydrogen) atoms. The van der Waals surface area contributed by atoms with Crippen LogP contribution in [0.1, 0.15) is 42.6 Å². The van der Waals surface area contributed by atoms with Crippen molar-refractivity contribution in [1.29, 1.82) is 0 Å². The van der Waals surface area contributed by atoms with Gasteiger partial charge in [0.1, 0.15) is 11.5 Å². The lowest BCUT2D eigenvalue weighted by Crippen LogP contribution is -2.34. The van der Waals surface area contributed by atoms with Crippen molar-refractivity contribution in [3.05, 3.63) is 18.1 Å². The maximum atomic E-state index is 12.1. The van der Waals surface area contributed by atoms with E-state index in [1.165, 1.54) is 12.4 Å². The molecule has 1 aromatic rings. The molecular formula is C15H22N4O3S. The number of carbonyl (C=O) groups excluding carboxylic acids is 1. The van der Waals surface area contributed by atoms with E-state index in [2.05, 4.69) is 15.3 Å². The Kier molecular flexibility index (Phi) is 4.52. The molecule has 1 N–H and O–H groups in total. The van der Waals surface area contributed by atoms with Crippen LogP contribution in [-0.2, 0) is 9.84 Å². The first-order valence-corrected chi connectivity index (χ1v) is 9.83. The van der Waals surface area contributed by atoms with Crippen LogP contribution in [0.2, 0.25) is 0 Å². The molecule has 2 heterocycles. The third-order valence-corrected chi connectivity index (χ3v) is 6.43. The lowest BCUT2D eigenvalue weighted by Gasteiger charge is -2.24. The smallest absolute Gasteiger partial charge is 0.271 e. The zero-order valence-electron chi connectivity index (χ0n) is 13.2. The molecule has 1 aliphatic heterocycles. The Balaban J connectivity index is 1.63. The Morgan fingerprint density at radius 2 is 1.96 bits per heavy atom. The van der Waals surface area contributed by atoms with E-state index in [0.717, 1.165) is 25.7 Å². The minimum atomic E-state index is -2.94. The molecule has 126 valence electrons. The Labute approximate surface area is 136 Å². The van der Waals surface area contributed by atoms with Gasteiger partial charge < -0.3 is 10.2 Å². The quantitative estimate of drug-likeness (QED) is 0.872. The van der Waals surface area contributed by atoms with Gasteiger partial charge in [-0.15, -0.1) is 0 Å². The molecule has 0 bridgehead atoms. The van der Waals surface area contributed by atoms with Crippen LogP contribution >= 0.6 is 0 Å². The summed E-state index contributed by atoms with van der Waals surface area (Å²) in [5.74, 6) is 0.762. The van der Waals surface area contributed by atoms with E-state index in [0.29, 0.717) is 17.9 Å². The SMILES string of the molecule is CN(c1cnc(C(=O)NC2CCCC2)cn1)C1CCS(=O)(=O)C1. The lowest BCUT2D eigenvalue weighted by molar-refractivity contribution is 0.0932. The van der Waals surface area contributed by atoms with Crippen molar-refractivity contribution in [2.45, 2.75) is 44.2 Å². The predicted molar refractivity (Wildman–Crippen MR) is 87.2 cm³/mol. The van der Waals surface area contributed by atoms with Crippen LogP contribution in [0, 0.1) is 0 Å². The fourth-order valence-electron chi connectivity index (χ4n) is 3.22. The second kappa shape index (κ2) is 6.43. The normalized spacial score (nSPS) is 23.8. The third-order valence-electron chi connectivity index (χ3n) is 4.68. The Hall–Kier alpha value is -1.70. The summed E-state index contributed by atoms with van der Waals surface area (Å²) in [6.45, 7) is 0. The minimum Gasteiger partial charge on any atom is -0.354 e. The predicted octanol–water partition coefficient (Wildman–Crippen LogP) is 0.772. The van der Waals surface area contributed by atoms with Crippen LogP contribution in [-0.4, -0.2) is 54.9 Å². The number of hydrogen-bond acceptors (Lipinski definition) is 6. The van der Waals surface area contributed by atoms with Gasteiger partial charge in [0.25, 0.3) is 5.91 Å². The zero-order valence-corrected chi connectivity index (χ0v) is 14.1. The fourth-order valence-corrected chi connectivity index (χ4v) is 4.99. The van der Waals surface area contributed by atoms with Crippen LogP contribution in [0.15, 0.2) is 12.4 Å². The first kappa shape index (κ1) is 16.2. The molecule has 1 saturated carbocycles. The summed E-state index contributed by atoms with van der Waals surface area (Å²) in [5, 5.41) is 2.98. The van der Waals surface area contributed by atoms with E-state index in [1.807, 2.05) is 11.9 Å². The molecule has 1 unspecified atom stereocenters. The van der Waals surface area contributed by atoms with E-state index in [9.17, 15) is 13.2 Å². The summed E-state index contributed by atoms with van der Waals surface area (Å²) >= 11 is 0. The maximum absolute atomic E-state index is 12.1. The lowest BCUT2D eigenvalue weighted by atomic mass is 10.2. The number of rotatable bonds is 4. The standard InChI is InChI=1S/C15H22N4O3S/c1-19(12-6-7-23(21,22)10-12)14-9-16-13(8-17-14)15(20)18-11-4-2-3-5-11/h8-9,11-12H,2-7,10H2,1H3,(H,18,20). The van der Waals surface area contributed by atoms with Gasteiger partial charge in [0.2, 0.25) is 0 Å². The van der Waals surface area contributed by atoms with Crippen molar-refractivity contribution < 1.29 is 13.2 Å². The number of sulfone groups is 1. The molecule has 0 aromatic carbocycles. The van der Waals surface area contributed by atoms with Crippen LogP contribution in [0.3, 0.4) is 0 Å². The van der Waals surface area contributed by atoms with Gasteiger partial charge in [-0.2, -0.15) is 0 Å². The average Bonchev–Trinajstić information content (AvgIpc) is 3.16. The molecule has 0 radical (unpaired) electrons. The number of nitrogens with one attached hydrogen (secondary N) is 1. The molecule has 1 amide bonds. The summed E-state index contributed by atoms with van der Waals surface area (Å²) < 4.78 is 23.1. The second-order valence-electron chi connectivity index (χ2n) is 6.38. The van der Waals surface area contributed by atoms with Crippen molar-refractivity contribution >= 4 is 21.6 Å². The number of carbonyl (C=O) groups is 1. The highest BCUT2D eigenvalue weighted by atomic mass is 32.2. The zero-order chi connectivity index (χ0) is 16.4. The number of aromatic nitrogens is 2. The molecule has 1 atom stereocenters. The molecule has 2 fully saturated rings. The minimum absolute atomic E-state index is 0.0764. The fraction of sp³-hybridized carbons (Fsp3) is 0.667. The first-order chi connectivity index (χ1) is 10.9. The molecular weight excluding hydrogens is 316 g/mol. The Bertz CT molecular complexity index is 668. The van der Waals surface area contributed by atoms with Crippen molar-refractivity contribution in [3.63, 3.8) is 0 Å². The van der Waals surface area contributed by atoms with E-state index >= 15 is 0 Å². The highest BCUT2D eigenvalue weighted by Gasteiger charge is 2.31. The van der Waals surface area contributed by atoms with E-state index < -0.39 is 9.84 Å². The second-order valence-corrected chi connectivity index (χ2v) is 8.61. The van der Waals surface area contributed by atoms with Gasteiger partial charge in [0.05, 0.1) is 23.9 Å². The van der Waals surface area contributed by atoms with E-state index in [1.54, 1.807) is 0 Å². The summed E-state index contributed by atoms with van der Waals surface area (Å²) in [6, 6.07) is 0.169. The molecule has 3 rings (SSSR count). The van der Waals surface area contributed by atoms with Gasteiger partial charge in [-0.25, -0.2) is 18.4 Å². The van der Waals surface area contributed by atoms with Crippen molar-refractivity contribution in [3.8, 4) is 0 Å². The van der Waals surface area contributed by atoms with Gasteiger partial charge in [0, 0.05) is 19.1 Å². The van der Waals surface area contributed by atoms with Crippen LogP contribution in [0.25, 0.3) is 0 Å². The Morgan fingerprint density at radius 3 is 2.52 bits per heavy atom. The maximum Gasteiger partial charge on any atom is 0.271 e. The van der Waals surface area contributed by atoms with E-state index in [4.69, 9.17) is 0 Å². The highest BCUT2D eigenvalue weighted by Crippen LogP contribution is 2.21. The Morgan fingerprint density at radius 1 is 1.22 bits per heavy atom. The molecule has 1 aliphatic carbocycles. The van der Waals surface area contributed by atoms with Gasteiger partial charge >= 0.3 is 0 Å². The van der Waals surface area contributed by atoms with Crippen molar-refractivity contribution in [2.24, 2.45) is 0 Å². The summed E-state index contributed by atoms with van der Waals surface area (Å²) in [5.41, 5.74) is 0.299. The van der Waals surface area contributed by atoms with Gasteiger partial charge in [-0.3, -0.25) is 4.79 Å². The number of anilines is 1. The monoisotopic (exact) mass is 338 g/mol.